The maximum atomic E-state index is 6.58. The first-order valence-corrected chi connectivity index (χ1v) is 7.69. The normalized spacial score (nSPS) is 16.3. The number of hydrogen-bond donors (Lipinski definition) is 1. The number of hydrogen-bond acceptors (Lipinski definition) is 2. The smallest absolute Gasteiger partial charge is 0.124 e. The zero-order chi connectivity index (χ0) is 14.8. The number of benzene rings is 2. The van der Waals surface area contributed by atoms with Gasteiger partial charge in [0.1, 0.15) is 5.75 Å². The van der Waals surface area contributed by atoms with Crippen molar-refractivity contribution >= 4 is 0 Å². The predicted molar refractivity (Wildman–Crippen MR) is 86.8 cm³/mol. The molecule has 1 unspecified atom stereocenters. The van der Waals surface area contributed by atoms with Crippen LogP contribution in [0.25, 0.3) is 0 Å². The van der Waals surface area contributed by atoms with Gasteiger partial charge in [0, 0.05) is 5.56 Å². The van der Waals surface area contributed by atoms with E-state index in [1.54, 1.807) is 7.11 Å². The van der Waals surface area contributed by atoms with Crippen LogP contribution in [0.1, 0.15) is 53.5 Å². The summed E-state index contributed by atoms with van der Waals surface area (Å²) in [6.45, 7) is 2.07. The lowest BCUT2D eigenvalue weighted by molar-refractivity contribution is 0.405. The molecule has 21 heavy (non-hydrogen) atoms. The van der Waals surface area contributed by atoms with E-state index in [1.807, 2.05) is 0 Å². The van der Waals surface area contributed by atoms with Crippen LogP contribution in [0.4, 0.5) is 0 Å². The monoisotopic (exact) mass is 281 g/mol. The molecular formula is C19H23NO. The predicted octanol–water partition coefficient (Wildman–Crippen LogP) is 4.32. The van der Waals surface area contributed by atoms with Crippen molar-refractivity contribution in [2.24, 2.45) is 5.73 Å². The Bertz CT molecular complexity index is 631. The maximum absolute atomic E-state index is 6.58. The molecule has 2 N–H and O–H groups in total. The third-order valence-electron chi connectivity index (χ3n) is 4.60. The highest BCUT2D eigenvalue weighted by Gasteiger charge is 2.25. The minimum Gasteiger partial charge on any atom is -0.496 e. The Labute approximate surface area is 126 Å². The van der Waals surface area contributed by atoms with Crippen molar-refractivity contribution in [3.8, 4) is 5.75 Å². The van der Waals surface area contributed by atoms with Crippen molar-refractivity contribution in [2.75, 3.05) is 7.11 Å². The van der Waals surface area contributed by atoms with Crippen molar-refractivity contribution in [3.05, 3.63) is 64.7 Å². The Kier molecular flexibility index (Phi) is 3.98. The molecule has 0 aromatic heterocycles. The Balaban J connectivity index is 2.00. The molecule has 0 saturated heterocycles. The fourth-order valence-corrected chi connectivity index (χ4v) is 3.13. The molecule has 1 fully saturated rings. The summed E-state index contributed by atoms with van der Waals surface area (Å²) in [5, 5.41) is 0. The van der Waals surface area contributed by atoms with Crippen LogP contribution in [-0.4, -0.2) is 7.11 Å². The summed E-state index contributed by atoms with van der Waals surface area (Å²) < 4.78 is 5.53. The van der Waals surface area contributed by atoms with Gasteiger partial charge in [-0.25, -0.2) is 0 Å². The van der Waals surface area contributed by atoms with Gasteiger partial charge in [0.2, 0.25) is 0 Å². The summed E-state index contributed by atoms with van der Waals surface area (Å²) in [4.78, 5) is 0. The quantitative estimate of drug-likeness (QED) is 0.906. The molecule has 2 aromatic carbocycles. The average molecular weight is 281 g/mol. The van der Waals surface area contributed by atoms with E-state index in [0.717, 1.165) is 11.3 Å². The van der Waals surface area contributed by atoms with Gasteiger partial charge in [-0.3, -0.25) is 0 Å². The topological polar surface area (TPSA) is 35.2 Å². The lowest BCUT2D eigenvalue weighted by Gasteiger charge is -2.30. The maximum Gasteiger partial charge on any atom is 0.124 e. The van der Waals surface area contributed by atoms with Gasteiger partial charge in [-0.05, 0) is 48.4 Å². The summed E-state index contributed by atoms with van der Waals surface area (Å²) >= 11 is 0. The second-order valence-corrected chi connectivity index (χ2v) is 5.98. The molecule has 0 spiro atoms. The molecule has 3 rings (SSSR count). The van der Waals surface area contributed by atoms with E-state index < -0.39 is 0 Å². The molecule has 1 aliphatic rings. The molecular weight excluding hydrogens is 258 g/mol. The molecule has 1 saturated carbocycles. The van der Waals surface area contributed by atoms with Gasteiger partial charge in [0.05, 0.1) is 13.2 Å². The van der Waals surface area contributed by atoms with Crippen molar-refractivity contribution < 1.29 is 4.74 Å². The molecule has 0 amide bonds. The standard InChI is InChI=1S/C19H23NO/c1-13-10-11-17(18(12-13)21-2)19(20)16-9-4-3-8-15(16)14-6-5-7-14/h3-4,8-12,14,19H,5-7,20H2,1-2H3. The highest BCUT2D eigenvalue weighted by Crippen LogP contribution is 2.41. The molecule has 2 aromatic rings. The average Bonchev–Trinajstić information content (AvgIpc) is 2.45. The molecule has 2 nitrogen and oxygen atoms in total. The van der Waals surface area contributed by atoms with E-state index >= 15 is 0 Å². The molecule has 1 atom stereocenters. The molecule has 2 heteroatoms. The molecule has 1 aliphatic carbocycles. The van der Waals surface area contributed by atoms with Crippen LogP contribution in [0, 0.1) is 6.92 Å². The van der Waals surface area contributed by atoms with Crippen molar-refractivity contribution in [3.63, 3.8) is 0 Å². The third kappa shape index (κ3) is 2.68. The van der Waals surface area contributed by atoms with Crippen LogP contribution < -0.4 is 10.5 Å². The van der Waals surface area contributed by atoms with Gasteiger partial charge < -0.3 is 10.5 Å². The second-order valence-electron chi connectivity index (χ2n) is 5.98. The minimum absolute atomic E-state index is 0.127. The molecule has 0 bridgehead atoms. The van der Waals surface area contributed by atoms with E-state index in [1.165, 1.54) is 36.0 Å². The first-order chi connectivity index (χ1) is 10.2. The van der Waals surface area contributed by atoms with Crippen molar-refractivity contribution in [1.29, 1.82) is 0 Å². The van der Waals surface area contributed by atoms with E-state index in [9.17, 15) is 0 Å². The molecule has 0 heterocycles. The largest absolute Gasteiger partial charge is 0.496 e. The number of nitrogens with two attached hydrogens (primary N) is 1. The Hall–Kier alpha value is -1.80. The van der Waals surface area contributed by atoms with E-state index in [0.29, 0.717) is 5.92 Å². The van der Waals surface area contributed by atoms with Gasteiger partial charge in [-0.2, -0.15) is 0 Å². The Morgan fingerprint density at radius 2 is 1.86 bits per heavy atom. The lowest BCUT2D eigenvalue weighted by atomic mass is 9.76. The fraction of sp³-hybridized carbons (Fsp3) is 0.368. The van der Waals surface area contributed by atoms with Crippen LogP contribution >= 0.6 is 0 Å². The zero-order valence-corrected chi connectivity index (χ0v) is 12.8. The van der Waals surface area contributed by atoms with Crippen LogP contribution in [-0.2, 0) is 0 Å². The van der Waals surface area contributed by atoms with Crippen LogP contribution in [0.5, 0.6) is 5.75 Å². The Morgan fingerprint density at radius 1 is 1.10 bits per heavy atom. The fourth-order valence-electron chi connectivity index (χ4n) is 3.13. The zero-order valence-electron chi connectivity index (χ0n) is 12.8. The number of aryl methyl sites for hydroxylation is 1. The summed E-state index contributed by atoms with van der Waals surface area (Å²) in [5.41, 5.74) is 11.5. The highest BCUT2D eigenvalue weighted by atomic mass is 16.5. The van der Waals surface area contributed by atoms with E-state index in [4.69, 9.17) is 10.5 Å². The van der Waals surface area contributed by atoms with Crippen LogP contribution in [0.3, 0.4) is 0 Å². The summed E-state index contributed by atoms with van der Waals surface area (Å²) in [6, 6.07) is 14.7. The van der Waals surface area contributed by atoms with Gasteiger partial charge >= 0.3 is 0 Å². The summed E-state index contributed by atoms with van der Waals surface area (Å²) in [5.74, 6) is 1.56. The molecule has 0 radical (unpaired) electrons. The minimum atomic E-state index is -0.127. The van der Waals surface area contributed by atoms with Gasteiger partial charge in [0.25, 0.3) is 0 Å². The molecule has 110 valence electrons. The van der Waals surface area contributed by atoms with E-state index in [2.05, 4.69) is 49.4 Å². The number of rotatable bonds is 4. The highest BCUT2D eigenvalue weighted by molar-refractivity contribution is 5.46. The Morgan fingerprint density at radius 3 is 2.52 bits per heavy atom. The van der Waals surface area contributed by atoms with Crippen molar-refractivity contribution in [1.82, 2.24) is 0 Å². The van der Waals surface area contributed by atoms with Gasteiger partial charge in [-0.15, -0.1) is 0 Å². The van der Waals surface area contributed by atoms with Gasteiger partial charge in [0.15, 0.2) is 0 Å². The first-order valence-electron chi connectivity index (χ1n) is 7.69. The van der Waals surface area contributed by atoms with Crippen molar-refractivity contribution in [2.45, 2.75) is 38.1 Å². The summed E-state index contributed by atoms with van der Waals surface area (Å²) in [6.07, 6.45) is 3.91. The van der Waals surface area contributed by atoms with Gasteiger partial charge in [-0.1, -0.05) is 42.8 Å². The first kappa shape index (κ1) is 14.2. The molecule has 0 aliphatic heterocycles. The van der Waals surface area contributed by atoms with Crippen LogP contribution in [0.2, 0.25) is 0 Å². The lowest BCUT2D eigenvalue weighted by Crippen LogP contribution is -2.19. The number of methoxy groups -OCH3 is 1. The summed E-state index contributed by atoms with van der Waals surface area (Å²) in [7, 11) is 1.71. The number of ether oxygens (including phenoxy) is 1. The third-order valence-corrected chi connectivity index (χ3v) is 4.60. The SMILES string of the molecule is COc1cc(C)ccc1C(N)c1ccccc1C1CCC1. The van der Waals surface area contributed by atoms with E-state index in [-0.39, 0.29) is 6.04 Å². The van der Waals surface area contributed by atoms with Crippen LogP contribution in [0.15, 0.2) is 42.5 Å². The second kappa shape index (κ2) is 5.90.